The first-order chi connectivity index (χ1) is 14.1. The van der Waals surface area contributed by atoms with Crippen LogP contribution in [0.3, 0.4) is 0 Å². The molecule has 29 heavy (non-hydrogen) atoms. The maximum absolute atomic E-state index is 12.7. The van der Waals surface area contributed by atoms with Gasteiger partial charge in [-0.1, -0.05) is 35.9 Å². The molecule has 0 radical (unpaired) electrons. The second-order valence-electron chi connectivity index (χ2n) is 6.67. The van der Waals surface area contributed by atoms with Gasteiger partial charge in [0, 0.05) is 29.1 Å². The third-order valence-corrected chi connectivity index (χ3v) is 5.74. The zero-order valence-electron chi connectivity index (χ0n) is 15.5. The van der Waals surface area contributed by atoms with Gasteiger partial charge in [-0.05, 0) is 37.1 Å². The molecule has 0 aliphatic carbocycles. The molecule has 1 aromatic heterocycles. The van der Waals surface area contributed by atoms with Crippen molar-refractivity contribution in [2.24, 2.45) is 0 Å². The molecule has 1 aliphatic rings. The van der Waals surface area contributed by atoms with Crippen LogP contribution in [0.15, 0.2) is 53.9 Å². The zero-order chi connectivity index (χ0) is 20.2. The molecule has 3 amide bonds. The van der Waals surface area contributed by atoms with Crippen molar-refractivity contribution in [3.63, 3.8) is 0 Å². The summed E-state index contributed by atoms with van der Waals surface area (Å²) in [6, 6.07) is 14.3. The van der Waals surface area contributed by atoms with Gasteiger partial charge in [0.2, 0.25) is 0 Å². The summed E-state index contributed by atoms with van der Waals surface area (Å²) >= 11 is 7.41. The van der Waals surface area contributed by atoms with Crippen molar-refractivity contribution in [3.05, 3.63) is 64.6 Å². The molecule has 2 aromatic carbocycles. The van der Waals surface area contributed by atoms with Crippen molar-refractivity contribution >= 4 is 46.3 Å². The predicted octanol–water partition coefficient (Wildman–Crippen LogP) is 5.34. The molecule has 2 N–H and O–H groups in total. The van der Waals surface area contributed by atoms with E-state index < -0.39 is 0 Å². The monoisotopic (exact) mass is 426 g/mol. The maximum Gasteiger partial charge on any atom is 0.321 e. The van der Waals surface area contributed by atoms with Gasteiger partial charge < -0.3 is 15.5 Å². The first-order valence-corrected chi connectivity index (χ1v) is 10.5. The minimum absolute atomic E-state index is 0.152. The Labute approximate surface area is 177 Å². The van der Waals surface area contributed by atoms with Crippen LogP contribution in [0, 0.1) is 0 Å². The SMILES string of the molecule is O=C(Nc1ccccc1NC(=O)N1CCCC1)c1csc(-c2cccc(Cl)c2)n1. The van der Waals surface area contributed by atoms with E-state index in [1.165, 1.54) is 11.3 Å². The van der Waals surface area contributed by atoms with E-state index in [4.69, 9.17) is 11.6 Å². The number of benzene rings is 2. The van der Waals surface area contributed by atoms with E-state index in [0.717, 1.165) is 31.5 Å². The van der Waals surface area contributed by atoms with Gasteiger partial charge in [-0.3, -0.25) is 4.79 Å². The third kappa shape index (κ3) is 4.58. The minimum Gasteiger partial charge on any atom is -0.325 e. The van der Waals surface area contributed by atoms with Crippen molar-refractivity contribution in [3.8, 4) is 10.6 Å². The van der Waals surface area contributed by atoms with Crippen LogP contribution in [0.5, 0.6) is 0 Å². The second kappa shape index (κ2) is 8.63. The van der Waals surface area contributed by atoms with Crippen molar-refractivity contribution in [2.45, 2.75) is 12.8 Å². The number of hydrogen-bond donors (Lipinski definition) is 2. The van der Waals surface area contributed by atoms with Gasteiger partial charge in [0.25, 0.3) is 5.91 Å². The van der Waals surface area contributed by atoms with Gasteiger partial charge in [0.15, 0.2) is 0 Å². The molecular weight excluding hydrogens is 408 g/mol. The highest BCUT2D eigenvalue weighted by Crippen LogP contribution is 2.27. The highest BCUT2D eigenvalue weighted by atomic mass is 35.5. The molecule has 8 heteroatoms. The Hall–Kier alpha value is -2.90. The number of nitrogens with zero attached hydrogens (tertiary/aromatic N) is 2. The lowest BCUT2D eigenvalue weighted by Gasteiger charge is -2.18. The molecule has 148 valence electrons. The third-order valence-electron chi connectivity index (χ3n) is 4.62. The Morgan fingerprint density at radius 3 is 2.45 bits per heavy atom. The average molecular weight is 427 g/mol. The number of likely N-dealkylation sites (tertiary alicyclic amines) is 1. The summed E-state index contributed by atoms with van der Waals surface area (Å²) < 4.78 is 0. The van der Waals surface area contributed by atoms with Gasteiger partial charge in [-0.15, -0.1) is 11.3 Å². The summed E-state index contributed by atoms with van der Waals surface area (Å²) in [6.07, 6.45) is 2.04. The zero-order valence-corrected chi connectivity index (χ0v) is 17.1. The quantitative estimate of drug-likeness (QED) is 0.591. The van der Waals surface area contributed by atoms with Gasteiger partial charge in [0.1, 0.15) is 10.7 Å². The fourth-order valence-corrected chi connectivity index (χ4v) is 4.12. The molecule has 0 bridgehead atoms. The van der Waals surface area contributed by atoms with Gasteiger partial charge in [0.05, 0.1) is 11.4 Å². The van der Waals surface area contributed by atoms with Crippen LogP contribution in [0.1, 0.15) is 23.3 Å². The largest absolute Gasteiger partial charge is 0.325 e. The Balaban J connectivity index is 1.48. The van der Waals surface area contributed by atoms with Crippen molar-refractivity contribution < 1.29 is 9.59 Å². The lowest BCUT2D eigenvalue weighted by atomic mass is 10.2. The number of carbonyl (C=O) groups excluding carboxylic acids is 2. The molecule has 6 nitrogen and oxygen atoms in total. The van der Waals surface area contributed by atoms with Gasteiger partial charge >= 0.3 is 6.03 Å². The summed E-state index contributed by atoms with van der Waals surface area (Å²) in [6.45, 7) is 1.51. The first kappa shape index (κ1) is 19.4. The molecule has 0 unspecified atom stereocenters. The van der Waals surface area contributed by atoms with Crippen molar-refractivity contribution in [1.29, 1.82) is 0 Å². The lowest BCUT2D eigenvalue weighted by molar-refractivity contribution is 0.102. The highest BCUT2D eigenvalue weighted by Gasteiger charge is 2.19. The van der Waals surface area contributed by atoms with Crippen LogP contribution in [-0.4, -0.2) is 34.9 Å². The Bertz CT molecular complexity index is 1050. The molecule has 1 saturated heterocycles. The number of hydrogen-bond acceptors (Lipinski definition) is 4. The number of thiazole rings is 1. The van der Waals surface area contributed by atoms with Gasteiger partial charge in [-0.25, -0.2) is 9.78 Å². The number of nitrogens with one attached hydrogen (secondary N) is 2. The topological polar surface area (TPSA) is 74.3 Å². The van der Waals surface area contributed by atoms with Crippen LogP contribution >= 0.6 is 22.9 Å². The van der Waals surface area contributed by atoms with E-state index >= 15 is 0 Å². The molecular formula is C21H19ClN4O2S. The predicted molar refractivity (Wildman–Crippen MR) is 117 cm³/mol. The molecule has 4 rings (SSSR count). The van der Waals surface area contributed by atoms with Crippen LogP contribution in [-0.2, 0) is 0 Å². The number of amides is 3. The van der Waals surface area contributed by atoms with E-state index in [1.54, 1.807) is 34.5 Å². The Morgan fingerprint density at radius 1 is 1.00 bits per heavy atom. The lowest BCUT2D eigenvalue weighted by Crippen LogP contribution is -2.32. The van der Waals surface area contributed by atoms with E-state index in [-0.39, 0.29) is 11.9 Å². The Kier molecular flexibility index (Phi) is 5.78. The summed E-state index contributed by atoms with van der Waals surface area (Å²) in [7, 11) is 0. The number of anilines is 2. The number of carbonyl (C=O) groups is 2. The molecule has 1 aliphatic heterocycles. The van der Waals surface area contributed by atoms with E-state index in [9.17, 15) is 9.59 Å². The van der Waals surface area contributed by atoms with Crippen LogP contribution in [0.25, 0.3) is 10.6 Å². The number of rotatable bonds is 4. The molecule has 2 heterocycles. The first-order valence-electron chi connectivity index (χ1n) is 9.28. The average Bonchev–Trinajstić information content (AvgIpc) is 3.42. The molecule has 0 atom stereocenters. The maximum atomic E-state index is 12.7. The molecule has 0 saturated carbocycles. The number of aromatic nitrogens is 1. The number of para-hydroxylation sites is 2. The van der Waals surface area contributed by atoms with E-state index in [0.29, 0.717) is 27.1 Å². The standard InChI is InChI=1S/C21H19ClN4O2S/c22-15-7-5-6-14(12-15)20-24-18(13-29-20)19(27)23-16-8-1-2-9-17(16)25-21(28)26-10-3-4-11-26/h1-2,5-9,12-13H,3-4,10-11H2,(H,23,27)(H,25,28). The normalized spacial score (nSPS) is 13.3. The van der Waals surface area contributed by atoms with Gasteiger partial charge in [-0.2, -0.15) is 0 Å². The second-order valence-corrected chi connectivity index (χ2v) is 7.97. The van der Waals surface area contributed by atoms with Crippen molar-refractivity contribution in [2.75, 3.05) is 23.7 Å². The fourth-order valence-electron chi connectivity index (χ4n) is 3.13. The fraction of sp³-hybridized carbons (Fsp3) is 0.190. The van der Waals surface area contributed by atoms with Crippen LogP contribution in [0.4, 0.5) is 16.2 Å². The van der Waals surface area contributed by atoms with Crippen molar-refractivity contribution in [1.82, 2.24) is 9.88 Å². The smallest absolute Gasteiger partial charge is 0.321 e. The minimum atomic E-state index is -0.336. The number of urea groups is 1. The van der Waals surface area contributed by atoms with E-state index in [1.807, 2.05) is 24.3 Å². The molecule has 1 fully saturated rings. The molecule has 0 spiro atoms. The summed E-state index contributed by atoms with van der Waals surface area (Å²) in [5, 5.41) is 8.77. The van der Waals surface area contributed by atoms with Crippen LogP contribution in [0.2, 0.25) is 5.02 Å². The number of halogens is 1. The highest BCUT2D eigenvalue weighted by molar-refractivity contribution is 7.13. The Morgan fingerprint density at radius 2 is 1.72 bits per heavy atom. The molecule has 3 aromatic rings. The van der Waals surface area contributed by atoms with Crippen LogP contribution < -0.4 is 10.6 Å². The van der Waals surface area contributed by atoms with E-state index in [2.05, 4.69) is 15.6 Å². The summed E-state index contributed by atoms with van der Waals surface area (Å²) in [5.74, 6) is -0.336. The summed E-state index contributed by atoms with van der Waals surface area (Å²) in [5.41, 5.74) is 2.26. The summed E-state index contributed by atoms with van der Waals surface area (Å²) in [4.78, 5) is 31.3.